The van der Waals surface area contributed by atoms with E-state index in [-0.39, 0.29) is 17.0 Å². The average molecular weight is 328 g/mol. The third-order valence-corrected chi connectivity index (χ3v) is 3.91. The van der Waals surface area contributed by atoms with Crippen molar-refractivity contribution in [1.82, 2.24) is 10.6 Å². The molecule has 2 N–H and O–H groups in total. The molecule has 0 unspecified atom stereocenters. The maximum absolute atomic E-state index is 14.2. The summed E-state index contributed by atoms with van der Waals surface area (Å²) in [4.78, 5) is 24.6. The lowest BCUT2D eigenvalue weighted by molar-refractivity contribution is 0.0904. The number of benzene rings is 2. The number of ketones is 1. The zero-order chi connectivity index (χ0) is 17.3. The van der Waals surface area contributed by atoms with Gasteiger partial charge in [0.15, 0.2) is 5.78 Å². The number of halogens is 2. The molecule has 2 aromatic carbocycles. The third kappa shape index (κ3) is 2.90. The first-order chi connectivity index (χ1) is 11.5. The molecule has 0 saturated carbocycles. The summed E-state index contributed by atoms with van der Waals surface area (Å²) < 4.78 is 27.3. The van der Waals surface area contributed by atoms with Crippen LogP contribution in [0.3, 0.4) is 0 Å². The zero-order valence-electron chi connectivity index (χ0n) is 12.6. The maximum atomic E-state index is 14.2. The Morgan fingerprint density at radius 1 is 1.08 bits per heavy atom. The van der Waals surface area contributed by atoms with Gasteiger partial charge in [0.25, 0.3) is 0 Å². The SMILES string of the molecule is C=C1NC(=O)N[C@H](c2ccc(F)cc2F)[C@H]1C(=O)c1ccccc1. The summed E-state index contributed by atoms with van der Waals surface area (Å²) in [6.07, 6.45) is 0. The molecule has 6 heteroatoms. The highest BCUT2D eigenvalue weighted by atomic mass is 19.1. The molecule has 0 aromatic heterocycles. The number of hydrogen-bond acceptors (Lipinski definition) is 2. The zero-order valence-corrected chi connectivity index (χ0v) is 12.6. The fourth-order valence-corrected chi connectivity index (χ4v) is 2.79. The first-order valence-electron chi connectivity index (χ1n) is 7.28. The molecule has 3 rings (SSSR count). The summed E-state index contributed by atoms with van der Waals surface area (Å²) in [5.41, 5.74) is 0.608. The Hall–Kier alpha value is -3.02. The topological polar surface area (TPSA) is 58.2 Å². The van der Waals surface area contributed by atoms with Gasteiger partial charge in [-0.15, -0.1) is 0 Å². The van der Waals surface area contributed by atoms with E-state index in [1.54, 1.807) is 30.3 Å². The van der Waals surface area contributed by atoms with Gasteiger partial charge in [-0.05, 0) is 6.07 Å². The lowest BCUT2D eigenvalue weighted by Gasteiger charge is -2.34. The molecule has 0 aliphatic carbocycles. The quantitative estimate of drug-likeness (QED) is 0.849. The van der Waals surface area contributed by atoms with E-state index in [0.717, 1.165) is 12.1 Å². The minimum Gasteiger partial charge on any atom is -0.330 e. The van der Waals surface area contributed by atoms with Crippen LogP contribution in [0.4, 0.5) is 13.6 Å². The van der Waals surface area contributed by atoms with Crippen molar-refractivity contribution in [3.05, 3.63) is 83.6 Å². The molecular weight excluding hydrogens is 314 g/mol. The van der Waals surface area contributed by atoms with Crippen LogP contribution in [-0.2, 0) is 0 Å². The molecule has 122 valence electrons. The molecule has 0 spiro atoms. The highest BCUT2D eigenvalue weighted by Gasteiger charge is 2.39. The average Bonchev–Trinajstić information content (AvgIpc) is 2.54. The minimum atomic E-state index is -0.973. The van der Waals surface area contributed by atoms with Gasteiger partial charge in [0.2, 0.25) is 0 Å². The van der Waals surface area contributed by atoms with E-state index in [1.807, 2.05) is 0 Å². The van der Waals surface area contributed by atoms with E-state index in [0.29, 0.717) is 5.56 Å². The van der Waals surface area contributed by atoms with Crippen molar-refractivity contribution < 1.29 is 18.4 Å². The molecule has 2 aromatic rings. The smallest absolute Gasteiger partial charge is 0.319 e. The summed E-state index contributed by atoms with van der Waals surface area (Å²) in [5.74, 6) is -2.80. The first-order valence-corrected chi connectivity index (χ1v) is 7.28. The number of carbonyl (C=O) groups excluding carboxylic acids is 2. The van der Waals surface area contributed by atoms with Crippen LogP contribution < -0.4 is 10.6 Å². The van der Waals surface area contributed by atoms with E-state index in [4.69, 9.17) is 0 Å². The number of amides is 2. The second kappa shape index (κ2) is 6.23. The standard InChI is InChI=1S/C18H14F2N2O2/c1-10-15(17(23)11-5-3-2-4-6-11)16(22-18(24)21-10)13-8-7-12(19)9-14(13)20/h2-9,15-16H,1H2,(H2,21,22,24)/t15-,16+/m0/s1. The molecule has 24 heavy (non-hydrogen) atoms. The van der Waals surface area contributed by atoms with Gasteiger partial charge in [0.1, 0.15) is 11.6 Å². The van der Waals surface area contributed by atoms with Crippen LogP contribution in [0.2, 0.25) is 0 Å². The van der Waals surface area contributed by atoms with Crippen molar-refractivity contribution in [3.8, 4) is 0 Å². The van der Waals surface area contributed by atoms with E-state index in [1.165, 1.54) is 6.07 Å². The second-order valence-corrected chi connectivity index (χ2v) is 5.48. The van der Waals surface area contributed by atoms with Crippen molar-refractivity contribution in [1.29, 1.82) is 0 Å². The monoisotopic (exact) mass is 328 g/mol. The van der Waals surface area contributed by atoms with Crippen LogP contribution in [-0.4, -0.2) is 11.8 Å². The molecule has 0 radical (unpaired) electrons. The Morgan fingerprint density at radius 3 is 2.46 bits per heavy atom. The highest BCUT2D eigenvalue weighted by Crippen LogP contribution is 2.33. The van der Waals surface area contributed by atoms with Gasteiger partial charge >= 0.3 is 6.03 Å². The molecule has 0 bridgehead atoms. The van der Waals surface area contributed by atoms with Gasteiger partial charge in [-0.1, -0.05) is 43.0 Å². The van der Waals surface area contributed by atoms with E-state index in [2.05, 4.69) is 17.2 Å². The Balaban J connectivity index is 2.04. The van der Waals surface area contributed by atoms with E-state index in [9.17, 15) is 18.4 Å². The van der Waals surface area contributed by atoms with Crippen LogP contribution in [0.25, 0.3) is 0 Å². The van der Waals surface area contributed by atoms with Crippen molar-refractivity contribution in [2.45, 2.75) is 6.04 Å². The van der Waals surface area contributed by atoms with Gasteiger partial charge in [0.05, 0.1) is 12.0 Å². The number of Topliss-reactive ketones (excluding diaryl/α,β-unsaturated/α-hetero) is 1. The molecule has 1 heterocycles. The Morgan fingerprint density at radius 2 is 1.79 bits per heavy atom. The lowest BCUT2D eigenvalue weighted by Crippen LogP contribution is -2.51. The van der Waals surface area contributed by atoms with Crippen molar-refractivity contribution in [3.63, 3.8) is 0 Å². The fourth-order valence-electron chi connectivity index (χ4n) is 2.79. The molecule has 1 aliphatic heterocycles. The molecular formula is C18H14F2N2O2. The largest absolute Gasteiger partial charge is 0.330 e. The summed E-state index contributed by atoms with van der Waals surface area (Å²) in [6, 6.07) is 9.90. The van der Waals surface area contributed by atoms with Crippen LogP contribution in [0, 0.1) is 17.6 Å². The molecule has 2 amide bonds. The number of carbonyl (C=O) groups is 2. The van der Waals surface area contributed by atoms with Crippen LogP contribution >= 0.6 is 0 Å². The van der Waals surface area contributed by atoms with E-state index < -0.39 is 29.6 Å². The van der Waals surface area contributed by atoms with Gasteiger partial charge in [0, 0.05) is 22.9 Å². The second-order valence-electron chi connectivity index (χ2n) is 5.48. The maximum Gasteiger partial charge on any atom is 0.319 e. The van der Waals surface area contributed by atoms with Crippen LogP contribution in [0.1, 0.15) is 22.0 Å². The number of nitrogens with one attached hydrogen (secondary N) is 2. The first kappa shape index (κ1) is 15.9. The predicted octanol–water partition coefficient (Wildman–Crippen LogP) is 3.33. The molecule has 2 atom stereocenters. The summed E-state index contributed by atoms with van der Waals surface area (Å²) >= 11 is 0. The summed E-state index contributed by atoms with van der Waals surface area (Å²) in [7, 11) is 0. The van der Waals surface area contributed by atoms with Gasteiger partial charge in [-0.25, -0.2) is 13.6 Å². The highest BCUT2D eigenvalue weighted by molar-refractivity contribution is 6.01. The van der Waals surface area contributed by atoms with Gasteiger partial charge < -0.3 is 10.6 Å². The normalized spacial score (nSPS) is 20.2. The number of rotatable bonds is 3. The lowest BCUT2D eigenvalue weighted by atomic mass is 9.83. The molecule has 1 aliphatic rings. The van der Waals surface area contributed by atoms with Gasteiger partial charge in [-0.3, -0.25) is 4.79 Å². The van der Waals surface area contributed by atoms with Crippen LogP contribution in [0.15, 0.2) is 60.8 Å². The van der Waals surface area contributed by atoms with Gasteiger partial charge in [-0.2, -0.15) is 0 Å². The molecule has 4 nitrogen and oxygen atoms in total. The van der Waals surface area contributed by atoms with E-state index >= 15 is 0 Å². The third-order valence-electron chi connectivity index (χ3n) is 3.91. The minimum absolute atomic E-state index is 0.0293. The molecule has 1 saturated heterocycles. The number of urea groups is 1. The Bertz CT molecular complexity index is 821. The van der Waals surface area contributed by atoms with Crippen LogP contribution in [0.5, 0.6) is 0 Å². The number of hydrogen-bond donors (Lipinski definition) is 2. The summed E-state index contributed by atoms with van der Waals surface area (Å²) in [5, 5.41) is 4.98. The van der Waals surface area contributed by atoms with Crippen molar-refractivity contribution in [2.24, 2.45) is 5.92 Å². The van der Waals surface area contributed by atoms with Crippen molar-refractivity contribution in [2.75, 3.05) is 0 Å². The molecule has 1 fully saturated rings. The van der Waals surface area contributed by atoms with Crippen molar-refractivity contribution >= 4 is 11.8 Å². The summed E-state index contributed by atoms with van der Waals surface area (Å²) in [6.45, 7) is 3.73. The Kier molecular flexibility index (Phi) is 4.12. The predicted molar refractivity (Wildman–Crippen MR) is 84.2 cm³/mol. The Labute approximate surface area is 137 Å². The fraction of sp³-hybridized carbons (Fsp3) is 0.111.